The van der Waals surface area contributed by atoms with Crippen molar-refractivity contribution in [2.45, 2.75) is 31.8 Å². The SMILES string of the molecule is COc1cc(NCC2CCC(O)CC2)ncc1Br. The Labute approximate surface area is 116 Å². The average Bonchev–Trinajstić information content (AvgIpc) is 2.39. The van der Waals surface area contributed by atoms with E-state index in [2.05, 4.69) is 26.2 Å². The monoisotopic (exact) mass is 314 g/mol. The maximum Gasteiger partial charge on any atom is 0.138 e. The van der Waals surface area contributed by atoms with Gasteiger partial charge in [-0.2, -0.15) is 0 Å². The summed E-state index contributed by atoms with van der Waals surface area (Å²) in [6.07, 6.45) is 5.66. The summed E-state index contributed by atoms with van der Waals surface area (Å²) in [7, 11) is 1.65. The lowest BCUT2D eigenvalue weighted by Crippen LogP contribution is -2.23. The Morgan fingerprint density at radius 1 is 1.44 bits per heavy atom. The molecule has 0 amide bonds. The third kappa shape index (κ3) is 3.59. The number of rotatable bonds is 4. The number of methoxy groups -OCH3 is 1. The lowest BCUT2D eigenvalue weighted by molar-refractivity contribution is 0.111. The molecule has 1 fully saturated rings. The smallest absolute Gasteiger partial charge is 0.138 e. The minimum atomic E-state index is -0.0906. The highest BCUT2D eigenvalue weighted by molar-refractivity contribution is 9.10. The maximum atomic E-state index is 9.46. The molecule has 0 radical (unpaired) electrons. The lowest BCUT2D eigenvalue weighted by Gasteiger charge is -2.25. The number of nitrogens with one attached hydrogen (secondary N) is 1. The molecule has 2 N–H and O–H groups in total. The maximum absolute atomic E-state index is 9.46. The van der Waals surface area contributed by atoms with E-state index in [0.29, 0.717) is 5.92 Å². The van der Waals surface area contributed by atoms with Crippen LogP contribution in [0.5, 0.6) is 5.75 Å². The van der Waals surface area contributed by atoms with Crippen LogP contribution >= 0.6 is 15.9 Å². The first-order valence-electron chi connectivity index (χ1n) is 6.30. The number of pyridine rings is 1. The molecular weight excluding hydrogens is 296 g/mol. The van der Waals surface area contributed by atoms with Crippen LogP contribution in [0.4, 0.5) is 5.82 Å². The van der Waals surface area contributed by atoms with Gasteiger partial charge in [0.1, 0.15) is 11.6 Å². The van der Waals surface area contributed by atoms with Crippen molar-refractivity contribution >= 4 is 21.7 Å². The first-order chi connectivity index (χ1) is 8.69. The van der Waals surface area contributed by atoms with E-state index in [1.165, 1.54) is 0 Å². The van der Waals surface area contributed by atoms with Gasteiger partial charge in [0.15, 0.2) is 0 Å². The number of ether oxygens (including phenoxy) is 1. The molecule has 0 saturated heterocycles. The highest BCUT2D eigenvalue weighted by Crippen LogP contribution is 2.27. The Balaban J connectivity index is 1.86. The van der Waals surface area contributed by atoms with Gasteiger partial charge in [-0.1, -0.05) is 0 Å². The van der Waals surface area contributed by atoms with Crippen molar-refractivity contribution in [2.24, 2.45) is 5.92 Å². The number of aliphatic hydroxyl groups is 1. The lowest BCUT2D eigenvalue weighted by atomic mass is 9.87. The summed E-state index contributed by atoms with van der Waals surface area (Å²) < 4.78 is 6.09. The molecule has 1 aliphatic rings. The molecule has 0 aromatic carbocycles. The molecule has 1 aromatic rings. The van der Waals surface area contributed by atoms with E-state index >= 15 is 0 Å². The molecule has 100 valence electrons. The standard InChI is InChI=1S/C13H19BrN2O2/c1-18-12-6-13(16-8-11(12)14)15-7-9-2-4-10(17)5-3-9/h6,8-10,17H,2-5,7H2,1H3,(H,15,16). The zero-order valence-corrected chi connectivity index (χ0v) is 12.1. The summed E-state index contributed by atoms with van der Waals surface area (Å²) in [5, 5.41) is 12.8. The number of aliphatic hydroxyl groups excluding tert-OH is 1. The minimum absolute atomic E-state index is 0.0906. The molecule has 2 rings (SSSR count). The number of aromatic nitrogens is 1. The number of halogens is 1. The van der Waals surface area contributed by atoms with Crippen molar-refractivity contribution < 1.29 is 9.84 Å². The number of anilines is 1. The van der Waals surface area contributed by atoms with E-state index in [4.69, 9.17) is 4.74 Å². The van der Waals surface area contributed by atoms with E-state index in [1.54, 1.807) is 13.3 Å². The molecular formula is C13H19BrN2O2. The van der Waals surface area contributed by atoms with Crippen molar-refractivity contribution in [1.82, 2.24) is 4.98 Å². The van der Waals surface area contributed by atoms with Crippen LogP contribution in [-0.2, 0) is 0 Å². The Hall–Kier alpha value is -0.810. The Morgan fingerprint density at radius 2 is 2.17 bits per heavy atom. The van der Waals surface area contributed by atoms with Crippen LogP contribution in [0, 0.1) is 5.92 Å². The van der Waals surface area contributed by atoms with Gasteiger partial charge in [-0.05, 0) is 47.5 Å². The zero-order chi connectivity index (χ0) is 13.0. The van der Waals surface area contributed by atoms with Gasteiger partial charge < -0.3 is 15.2 Å². The second-order valence-electron chi connectivity index (χ2n) is 4.76. The van der Waals surface area contributed by atoms with Crippen molar-refractivity contribution in [3.63, 3.8) is 0 Å². The fraction of sp³-hybridized carbons (Fsp3) is 0.615. The first kappa shape index (κ1) is 13.6. The molecule has 0 atom stereocenters. The van der Waals surface area contributed by atoms with Crippen molar-refractivity contribution in [3.05, 3.63) is 16.7 Å². The predicted molar refractivity (Wildman–Crippen MR) is 74.9 cm³/mol. The number of hydrogen-bond acceptors (Lipinski definition) is 4. The topological polar surface area (TPSA) is 54.4 Å². The summed E-state index contributed by atoms with van der Waals surface area (Å²) >= 11 is 3.38. The molecule has 0 unspecified atom stereocenters. The molecule has 1 heterocycles. The molecule has 4 nitrogen and oxygen atoms in total. The van der Waals surface area contributed by atoms with Crippen molar-refractivity contribution in [1.29, 1.82) is 0 Å². The largest absolute Gasteiger partial charge is 0.495 e. The van der Waals surface area contributed by atoms with Gasteiger partial charge in [0.25, 0.3) is 0 Å². The van der Waals surface area contributed by atoms with E-state index in [-0.39, 0.29) is 6.10 Å². The van der Waals surface area contributed by atoms with Gasteiger partial charge >= 0.3 is 0 Å². The fourth-order valence-corrected chi connectivity index (χ4v) is 2.65. The number of nitrogens with zero attached hydrogens (tertiary/aromatic N) is 1. The first-order valence-corrected chi connectivity index (χ1v) is 7.10. The second-order valence-corrected chi connectivity index (χ2v) is 5.61. The van der Waals surface area contributed by atoms with Crippen LogP contribution < -0.4 is 10.1 Å². The third-order valence-electron chi connectivity index (χ3n) is 3.43. The average molecular weight is 315 g/mol. The van der Waals surface area contributed by atoms with E-state index in [9.17, 15) is 5.11 Å². The van der Waals surface area contributed by atoms with Crippen molar-refractivity contribution in [2.75, 3.05) is 19.0 Å². The van der Waals surface area contributed by atoms with Gasteiger partial charge in [0.2, 0.25) is 0 Å². The second kappa shape index (κ2) is 6.38. The van der Waals surface area contributed by atoms with E-state index < -0.39 is 0 Å². The molecule has 1 aliphatic carbocycles. The third-order valence-corrected chi connectivity index (χ3v) is 4.02. The molecule has 0 bridgehead atoms. The van der Waals surface area contributed by atoms with E-state index in [0.717, 1.165) is 48.3 Å². The van der Waals surface area contributed by atoms with Crippen LogP contribution in [0.15, 0.2) is 16.7 Å². The predicted octanol–water partition coefficient (Wildman–Crippen LogP) is 2.82. The van der Waals surface area contributed by atoms with Gasteiger partial charge in [0, 0.05) is 18.8 Å². The minimum Gasteiger partial charge on any atom is -0.495 e. The highest BCUT2D eigenvalue weighted by atomic mass is 79.9. The molecule has 0 aliphatic heterocycles. The summed E-state index contributed by atoms with van der Waals surface area (Å²) in [5.41, 5.74) is 0. The van der Waals surface area contributed by atoms with Gasteiger partial charge in [0.05, 0.1) is 17.7 Å². The van der Waals surface area contributed by atoms with Crippen LogP contribution in [0.25, 0.3) is 0 Å². The molecule has 1 saturated carbocycles. The van der Waals surface area contributed by atoms with Crippen LogP contribution in [-0.4, -0.2) is 29.8 Å². The molecule has 5 heteroatoms. The Bertz CT molecular complexity index is 393. The van der Waals surface area contributed by atoms with Gasteiger partial charge in [-0.3, -0.25) is 0 Å². The normalized spacial score (nSPS) is 23.7. The quantitative estimate of drug-likeness (QED) is 0.897. The summed E-state index contributed by atoms with van der Waals surface area (Å²) in [6.45, 7) is 0.907. The van der Waals surface area contributed by atoms with Crippen LogP contribution in [0.3, 0.4) is 0 Å². The number of hydrogen-bond donors (Lipinski definition) is 2. The van der Waals surface area contributed by atoms with Gasteiger partial charge in [-0.15, -0.1) is 0 Å². The molecule has 1 aromatic heterocycles. The van der Waals surface area contributed by atoms with Crippen LogP contribution in [0.2, 0.25) is 0 Å². The fourth-order valence-electron chi connectivity index (χ4n) is 2.27. The zero-order valence-electron chi connectivity index (χ0n) is 10.5. The van der Waals surface area contributed by atoms with Gasteiger partial charge in [-0.25, -0.2) is 4.98 Å². The Kier molecular flexibility index (Phi) is 4.83. The van der Waals surface area contributed by atoms with E-state index in [1.807, 2.05) is 6.07 Å². The molecule has 0 spiro atoms. The van der Waals surface area contributed by atoms with Crippen molar-refractivity contribution in [3.8, 4) is 5.75 Å². The van der Waals surface area contributed by atoms with Crippen LogP contribution in [0.1, 0.15) is 25.7 Å². The molecule has 18 heavy (non-hydrogen) atoms. The summed E-state index contributed by atoms with van der Waals surface area (Å²) in [4.78, 5) is 4.30. The Morgan fingerprint density at radius 3 is 2.83 bits per heavy atom. The summed E-state index contributed by atoms with van der Waals surface area (Å²) in [5.74, 6) is 2.25. The highest BCUT2D eigenvalue weighted by Gasteiger charge is 2.19. The summed E-state index contributed by atoms with van der Waals surface area (Å²) in [6, 6.07) is 1.89.